The van der Waals surface area contributed by atoms with Crippen LogP contribution in [0.5, 0.6) is 0 Å². The molecule has 0 bridgehead atoms. The topological polar surface area (TPSA) is 42.9 Å². The minimum atomic E-state index is 0.0301. The molecular formula is C13H20N2OS4. The van der Waals surface area contributed by atoms with Crippen molar-refractivity contribution in [2.75, 3.05) is 11.5 Å². The van der Waals surface area contributed by atoms with Gasteiger partial charge in [-0.1, -0.05) is 79.9 Å². The van der Waals surface area contributed by atoms with Crippen molar-refractivity contribution >= 4 is 51.7 Å². The van der Waals surface area contributed by atoms with Gasteiger partial charge in [0.25, 0.3) is 0 Å². The Balaban J connectivity index is 2.25. The molecule has 0 aromatic carbocycles. The van der Waals surface area contributed by atoms with Crippen LogP contribution in [0, 0.1) is 0 Å². The molecule has 0 radical (unpaired) electrons. The minimum Gasteiger partial charge on any atom is -0.282 e. The van der Waals surface area contributed by atoms with Crippen molar-refractivity contribution in [1.82, 2.24) is 10.2 Å². The van der Waals surface area contributed by atoms with Gasteiger partial charge in [0.05, 0.1) is 0 Å². The summed E-state index contributed by atoms with van der Waals surface area (Å²) in [7, 11) is 0. The van der Waals surface area contributed by atoms with Gasteiger partial charge in [-0.3, -0.25) is 4.79 Å². The summed E-state index contributed by atoms with van der Waals surface area (Å²) in [6.07, 6.45) is 5.12. The standard InChI is InChI=1S/C13H20N2OS4/c1-4-6-7-8-17-12-14-15-13(20-12)18-9-10(3)19-11(16)5-2/h5,10H,2,4,6-9H2,1,3H3. The zero-order valence-electron chi connectivity index (χ0n) is 11.8. The molecule has 20 heavy (non-hydrogen) atoms. The van der Waals surface area contributed by atoms with Crippen LogP contribution in [0.4, 0.5) is 0 Å². The van der Waals surface area contributed by atoms with Crippen LogP contribution in [0.1, 0.15) is 33.1 Å². The molecule has 1 rings (SSSR count). The third-order valence-corrected chi connectivity index (χ3v) is 7.00. The van der Waals surface area contributed by atoms with Crippen LogP contribution in [0.15, 0.2) is 21.3 Å². The van der Waals surface area contributed by atoms with E-state index >= 15 is 0 Å². The predicted molar refractivity (Wildman–Crippen MR) is 93.1 cm³/mol. The molecule has 0 saturated carbocycles. The lowest BCUT2D eigenvalue weighted by atomic mass is 10.3. The predicted octanol–water partition coefficient (Wildman–Crippen LogP) is 4.75. The first-order chi connectivity index (χ1) is 9.65. The first-order valence-corrected chi connectivity index (χ1v) is 10.2. The Labute approximate surface area is 137 Å². The van der Waals surface area contributed by atoms with Gasteiger partial charge >= 0.3 is 0 Å². The first kappa shape index (κ1) is 18.1. The highest BCUT2D eigenvalue weighted by Gasteiger charge is 2.10. The van der Waals surface area contributed by atoms with E-state index in [0.29, 0.717) is 0 Å². The maximum Gasteiger partial charge on any atom is 0.211 e. The lowest BCUT2D eigenvalue weighted by Gasteiger charge is -2.05. The van der Waals surface area contributed by atoms with Crippen molar-refractivity contribution < 1.29 is 4.79 Å². The van der Waals surface area contributed by atoms with Crippen molar-refractivity contribution in [3.05, 3.63) is 12.7 Å². The molecule has 0 fully saturated rings. The molecule has 112 valence electrons. The van der Waals surface area contributed by atoms with Gasteiger partial charge in [0.15, 0.2) is 8.68 Å². The van der Waals surface area contributed by atoms with E-state index in [-0.39, 0.29) is 10.4 Å². The van der Waals surface area contributed by atoms with E-state index in [2.05, 4.69) is 23.7 Å². The third-order valence-electron chi connectivity index (χ3n) is 2.29. The normalized spacial score (nSPS) is 12.3. The van der Waals surface area contributed by atoms with Crippen molar-refractivity contribution in [1.29, 1.82) is 0 Å². The number of carbonyl (C=O) groups is 1. The molecule has 0 aliphatic carbocycles. The smallest absolute Gasteiger partial charge is 0.211 e. The molecule has 0 saturated heterocycles. The summed E-state index contributed by atoms with van der Waals surface area (Å²) in [6, 6.07) is 0. The molecule has 0 aliphatic heterocycles. The summed E-state index contributed by atoms with van der Waals surface area (Å²) < 4.78 is 2.03. The van der Waals surface area contributed by atoms with Crippen LogP contribution in [-0.2, 0) is 4.79 Å². The lowest BCUT2D eigenvalue weighted by Crippen LogP contribution is -2.03. The van der Waals surface area contributed by atoms with Crippen LogP contribution in [0.3, 0.4) is 0 Å². The second-order valence-electron chi connectivity index (χ2n) is 4.15. The van der Waals surface area contributed by atoms with Gasteiger partial charge in [-0.2, -0.15) is 0 Å². The summed E-state index contributed by atoms with van der Waals surface area (Å²) in [5, 5.41) is 8.66. The molecule has 0 aliphatic rings. The Morgan fingerprint density at radius 1 is 1.35 bits per heavy atom. The Hall–Kier alpha value is 0.0200. The van der Waals surface area contributed by atoms with Gasteiger partial charge in [0.1, 0.15) is 0 Å². The van der Waals surface area contributed by atoms with Crippen molar-refractivity contribution in [2.24, 2.45) is 0 Å². The van der Waals surface area contributed by atoms with E-state index in [0.717, 1.165) is 20.2 Å². The number of hydrogen-bond donors (Lipinski definition) is 0. The van der Waals surface area contributed by atoms with E-state index < -0.39 is 0 Å². The van der Waals surface area contributed by atoms with Gasteiger partial charge in [0.2, 0.25) is 5.12 Å². The summed E-state index contributed by atoms with van der Waals surface area (Å²) in [5.74, 6) is 1.98. The van der Waals surface area contributed by atoms with E-state index in [1.54, 1.807) is 34.9 Å². The Morgan fingerprint density at radius 3 is 2.70 bits per heavy atom. The highest BCUT2D eigenvalue weighted by Crippen LogP contribution is 2.31. The zero-order chi connectivity index (χ0) is 14.8. The molecule has 1 aromatic rings. The fraction of sp³-hybridized carbons (Fsp3) is 0.615. The highest BCUT2D eigenvalue weighted by molar-refractivity contribution is 8.15. The number of nitrogens with zero attached hydrogens (tertiary/aromatic N) is 2. The molecule has 0 amide bonds. The second kappa shape index (κ2) is 10.7. The largest absolute Gasteiger partial charge is 0.282 e. The quantitative estimate of drug-likeness (QED) is 0.345. The molecule has 1 unspecified atom stereocenters. The lowest BCUT2D eigenvalue weighted by molar-refractivity contribution is -0.107. The van der Waals surface area contributed by atoms with Gasteiger partial charge in [0, 0.05) is 16.8 Å². The number of thioether (sulfide) groups is 3. The Bertz CT molecular complexity index is 422. The van der Waals surface area contributed by atoms with Crippen LogP contribution in [0.2, 0.25) is 0 Å². The van der Waals surface area contributed by atoms with Crippen molar-refractivity contribution in [3.8, 4) is 0 Å². The number of rotatable bonds is 10. The molecule has 0 N–H and O–H groups in total. The average Bonchev–Trinajstić information content (AvgIpc) is 2.89. The van der Waals surface area contributed by atoms with Crippen LogP contribution in [-0.4, -0.2) is 32.1 Å². The number of carbonyl (C=O) groups excluding carboxylic acids is 1. The molecule has 1 aromatic heterocycles. The molecule has 7 heteroatoms. The molecular weight excluding hydrogens is 328 g/mol. The summed E-state index contributed by atoms with van der Waals surface area (Å²) in [5.41, 5.74) is 0. The minimum absolute atomic E-state index is 0.0301. The maximum absolute atomic E-state index is 11.2. The van der Waals surface area contributed by atoms with E-state index in [1.165, 1.54) is 37.1 Å². The van der Waals surface area contributed by atoms with E-state index in [9.17, 15) is 4.79 Å². The first-order valence-electron chi connectivity index (χ1n) is 6.57. The van der Waals surface area contributed by atoms with Crippen LogP contribution >= 0.6 is 46.6 Å². The Kier molecular flexibility index (Phi) is 9.67. The van der Waals surface area contributed by atoms with Gasteiger partial charge in [-0.25, -0.2) is 0 Å². The summed E-state index contributed by atoms with van der Waals surface area (Å²) in [4.78, 5) is 11.2. The SMILES string of the molecule is C=CC(=O)SC(C)CSc1nnc(SCCCCC)s1. The van der Waals surface area contributed by atoms with Gasteiger partial charge < -0.3 is 0 Å². The monoisotopic (exact) mass is 348 g/mol. The fourth-order valence-corrected chi connectivity index (χ4v) is 5.23. The van der Waals surface area contributed by atoms with Crippen molar-refractivity contribution in [2.45, 2.75) is 47.0 Å². The van der Waals surface area contributed by atoms with Crippen molar-refractivity contribution in [3.63, 3.8) is 0 Å². The number of aromatic nitrogens is 2. The zero-order valence-corrected chi connectivity index (χ0v) is 15.1. The average molecular weight is 349 g/mol. The fourth-order valence-electron chi connectivity index (χ4n) is 1.29. The number of unbranched alkanes of at least 4 members (excludes halogenated alkanes) is 2. The number of hydrogen-bond acceptors (Lipinski definition) is 7. The van der Waals surface area contributed by atoms with Crippen LogP contribution in [0.25, 0.3) is 0 Å². The van der Waals surface area contributed by atoms with Gasteiger partial charge in [-0.05, 0) is 12.5 Å². The molecule has 1 heterocycles. The van der Waals surface area contributed by atoms with E-state index in [1.807, 2.05) is 6.92 Å². The maximum atomic E-state index is 11.2. The van der Waals surface area contributed by atoms with E-state index in [4.69, 9.17) is 0 Å². The summed E-state index contributed by atoms with van der Waals surface area (Å²) >= 11 is 6.42. The summed E-state index contributed by atoms with van der Waals surface area (Å²) in [6.45, 7) is 7.73. The molecule has 0 spiro atoms. The third kappa shape index (κ3) is 7.71. The van der Waals surface area contributed by atoms with Gasteiger partial charge in [-0.15, -0.1) is 10.2 Å². The second-order valence-corrected chi connectivity index (χ2v) is 9.18. The van der Waals surface area contributed by atoms with Crippen LogP contribution < -0.4 is 0 Å². The highest BCUT2D eigenvalue weighted by atomic mass is 32.2. The Morgan fingerprint density at radius 2 is 2.05 bits per heavy atom. The molecule has 1 atom stereocenters. The molecule has 3 nitrogen and oxygen atoms in total.